The number of aliphatic imine (C=N–C) groups is 2. The van der Waals surface area contributed by atoms with Crippen LogP contribution in [0.15, 0.2) is 58.5 Å². The molecular formula is C18H14ClN3OS. The molecule has 2 aromatic carbocycles. The normalized spacial score (nSPS) is 18.8. The van der Waals surface area contributed by atoms with E-state index in [1.54, 1.807) is 4.90 Å². The second-order valence-electron chi connectivity index (χ2n) is 5.63. The quantitative estimate of drug-likeness (QED) is 0.808. The first-order valence-corrected chi connectivity index (χ1v) is 8.97. The lowest BCUT2D eigenvalue weighted by Crippen LogP contribution is -2.40. The molecule has 2 aliphatic rings. The van der Waals surface area contributed by atoms with Crippen LogP contribution in [0.1, 0.15) is 18.1 Å². The summed E-state index contributed by atoms with van der Waals surface area (Å²) in [7, 11) is 0. The minimum Gasteiger partial charge on any atom is -0.272 e. The smallest absolute Gasteiger partial charge is 0.258 e. The molecule has 0 N–H and O–H groups in total. The molecule has 0 saturated heterocycles. The van der Waals surface area contributed by atoms with Gasteiger partial charge in [-0.15, -0.1) is 0 Å². The summed E-state index contributed by atoms with van der Waals surface area (Å²) in [5, 5.41) is 1.39. The molecule has 0 unspecified atom stereocenters. The van der Waals surface area contributed by atoms with Gasteiger partial charge in [-0.05, 0) is 36.8 Å². The number of hydrogen-bond donors (Lipinski definition) is 0. The average Bonchev–Trinajstić information content (AvgIpc) is 2.90. The van der Waals surface area contributed by atoms with Crippen LogP contribution in [0.25, 0.3) is 0 Å². The number of carbonyl (C=O) groups is 1. The summed E-state index contributed by atoms with van der Waals surface area (Å²) >= 11 is 7.46. The van der Waals surface area contributed by atoms with E-state index in [0.717, 1.165) is 16.8 Å². The number of benzene rings is 2. The summed E-state index contributed by atoms with van der Waals surface area (Å²) < 4.78 is 0. The van der Waals surface area contributed by atoms with Gasteiger partial charge in [0.25, 0.3) is 5.91 Å². The van der Waals surface area contributed by atoms with Crippen LogP contribution < -0.4 is 0 Å². The van der Waals surface area contributed by atoms with Crippen LogP contribution in [0.5, 0.6) is 0 Å². The number of para-hydroxylation sites is 1. The van der Waals surface area contributed by atoms with Crippen LogP contribution in [0.2, 0.25) is 5.02 Å². The van der Waals surface area contributed by atoms with Crippen LogP contribution in [0, 0.1) is 0 Å². The van der Waals surface area contributed by atoms with Crippen molar-refractivity contribution in [2.75, 3.05) is 0 Å². The zero-order valence-electron chi connectivity index (χ0n) is 12.9. The van der Waals surface area contributed by atoms with Crippen molar-refractivity contribution in [1.29, 1.82) is 0 Å². The van der Waals surface area contributed by atoms with Crippen molar-refractivity contribution < 1.29 is 4.79 Å². The van der Waals surface area contributed by atoms with E-state index in [0.29, 0.717) is 21.8 Å². The van der Waals surface area contributed by atoms with Gasteiger partial charge in [0.2, 0.25) is 0 Å². The molecule has 24 heavy (non-hydrogen) atoms. The molecule has 2 heterocycles. The van der Waals surface area contributed by atoms with E-state index in [1.165, 1.54) is 11.8 Å². The summed E-state index contributed by atoms with van der Waals surface area (Å²) in [6.45, 7) is 1.82. The van der Waals surface area contributed by atoms with Crippen LogP contribution >= 0.6 is 23.4 Å². The van der Waals surface area contributed by atoms with E-state index in [-0.39, 0.29) is 11.9 Å². The Morgan fingerprint density at radius 3 is 2.71 bits per heavy atom. The summed E-state index contributed by atoms with van der Waals surface area (Å²) in [6, 6.07) is 15.1. The van der Waals surface area contributed by atoms with E-state index >= 15 is 0 Å². The molecule has 0 aromatic heterocycles. The number of carbonyl (C=O) groups excluding carboxylic acids is 1. The monoisotopic (exact) mass is 355 g/mol. The molecule has 0 bridgehead atoms. The first-order valence-electron chi connectivity index (χ1n) is 7.60. The molecule has 6 heteroatoms. The third kappa shape index (κ3) is 2.64. The Bertz CT molecular complexity index is 876. The minimum atomic E-state index is -0.368. The Morgan fingerprint density at radius 2 is 1.92 bits per heavy atom. The standard InChI is InChI=1S/C18H14ClN3OS/c1-11-17(23)22-16(20-11)14-4-2-3-5-15(14)21-18(22)24-10-12-6-8-13(19)9-7-12/h2-9,11H,10H2,1H3/t11-/m0/s1. The molecule has 0 saturated carbocycles. The van der Waals surface area contributed by atoms with Gasteiger partial charge in [0, 0.05) is 16.3 Å². The second kappa shape index (κ2) is 6.07. The van der Waals surface area contributed by atoms with Gasteiger partial charge >= 0.3 is 0 Å². The fourth-order valence-corrected chi connectivity index (χ4v) is 3.78. The van der Waals surface area contributed by atoms with Crippen molar-refractivity contribution in [3.05, 3.63) is 64.7 Å². The SMILES string of the molecule is C[C@@H]1N=C2c3ccccc3N=C(SCc3ccc(Cl)cc3)N2C1=O. The predicted molar refractivity (Wildman–Crippen MR) is 99.1 cm³/mol. The fourth-order valence-electron chi connectivity index (χ4n) is 2.70. The zero-order valence-corrected chi connectivity index (χ0v) is 14.5. The Morgan fingerprint density at radius 1 is 1.17 bits per heavy atom. The van der Waals surface area contributed by atoms with Gasteiger partial charge in [-0.3, -0.25) is 9.79 Å². The van der Waals surface area contributed by atoms with Gasteiger partial charge in [-0.2, -0.15) is 0 Å². The van der Waals surface area contributed by atoms with E-state index in [4.69, 9.17) is 11.6 Å². The second-order valence-corrected chi connectivity index (χ2v) is 7.01. The van der Waals surface area contributed by atoms with Crippen molar-refractivity contribution in [3.63, 3.8) is 0 Å². The highest BCUT2D eigenvalue weighted by Crippen LogP contribution is 2.34. The highest BCUT2D eigenvalue weighted by Gasteiger charge is 2.39. The highest BCUT2D eigenvalue weighted by atomic mass is 35.5. The molecule has 0 aliphatic carbocycles. The molecule has 1 atom stereocenters. The van der Waals surface area contributed by atoms with E-state index in [1.807, 2.05) is 55.5 Å². The first kappa shape index (κ1) is 15.4. The van der Waals surface area contributed by atoms with E-state index in [9.17, 15) is 4.79 Å². The summed E-state index contributed by atoms with van der Waals surface area (Å²) in [5.41, 5.74) is 2.89. The van der Waals surface area contributed by atoms with Crippen molar-refractivity contribution >= 4 is 46.0 Å². The maximum Gasteiger partial charge on any atom is 0.258 e. The van der Waals surface area contributed by atoms with Crippen molar-refractivity contribution in [2.45, 2.75) is 18.7 Å². The Balaban J connectivity index is 1.67. The lowest BCUT2D eigenvalue weighted by molar-refractivity contribution is -0.124. The number of amides is 1. The number of hydrogen-bond acceptors (Lipinski definition) is 4. The highest BCUT2D eigenvalue weighted by molar-refractivity contribution is 8.13. The molecular weight excluding hydrogens is 342 g/mol. The van der Waals surface area contributed by atoms with Crippen LogP contribution in [0.4, 0.5) is 5.69 Å². The van der Waals surface area contributed by atoms with Crippen molar-refractivity contribution in [1.82, 2.24) is 4.90 Å². The zero-order chi connectivity index (χ0) is 16.7. The minimum absolute atomic E-state index is 0.0261. The topological polar surface area (TPSA) is 45.0 Å². The van der Waals surface area contributed by atoms with E-state index < -0.39 is 0 Å². The Kier molecular flexibility index (Phi) is 3.90. The van der Waals surface area contributed by atoms with Crippen molar-refractivity contribution in [2.24, 2.45) is 9.98 Å². The largest absolute Gasteiger partial charge is 0.272 e. The molecule has 0 spiro atoms. The third-order valence-electron chi connectivity index (χ3n) is 3.94. The molecule has 4 nitrogen and oxygen atoms in total. The number of halogens is 1. The number of nitrogens with zero attached hydrogens (tertiary/aromatic N) is 3. The molecule has 2 aliphatic heterocycles. The Hall–Kier alpha value is -2.11. The Labute approximate surface area is 149 Å². The van der Waals surface area contributed by atoms with E-state index in [2.05, 4.69) is 9.98 Å². The first-order chi connectivity index (χ1) is 11.6. The molecule has 2 aromatic rings. The summed E-state index contributed by atoms with van der Waals surface area (Å²) in [6.07, 6.45) is 0. The molecule has 0 radical (unpaired) electrons. The van der Waals surface area contributed by atoms with Crippen LogP contribution in [-0.4, -0.2) is 27.9 Å². The van der Waals surface area contributed by atoms with Crippen LogP contribution in [0.3, 0.4) is 0 Å². The summed E-state index contributed by atoms with van der Waals surface area (Å²) in [4.78, 5) is 23.4. The average molecular weight is 356 g/mol. The fraction of sp³-hybridized carbons (Fsp3) is 0.167. The maximum atomic E-state index is 12.5. The molecule has 1 amide bonds. The summed E-state index contributed by atoms with van der Waals surface area (Å²) in [5.74, 6) is 1.39. The lowest BCUT2D eigenvalue weighted by atomic mass is 10.1. The van der Waals surface area contributed by atoms with Crippen molar-refractivity contribution in [3.8, 4) is 0 Å². The predicted octanol–water partition coefficient (Wildman–Crippen LogP) is 4.25. The van der Waals surface area contributed by atoms with Gasteiger partial charge < -0.3 is 0 Å². The lowest BCUT2D eigenvalue weighted by Gasteiger charge is -2.25. The molecule has 4 rings (SSSR count). The maximum absolute atomic E-state index is 12.5. The van der Waals surface area contributed by atoms with Gasteiger partial charge in [-0.1, -0.05) is 47.6 Å². The van der Waals surface area contributed by atoms with Gasteiger partial charge in [0.1, 0.15) is 11.9 Å². The number of rotatable bonds is 2. The van der Waals surface area contributed by atoms with Gasteiger partial charge in [0.05, 0.1) is 5.69 Å². The third-order valence-corrected chi connectivity index (χ3v) is 5.20. The van der Waals surface area contributed by atoms with Gasteiger partial charge in [-0.25, -0.2) is 9.89 Å². The number of amidine groups is 2. The van der Waals surface area contributed by atoms with Gasteiger partial charge in [0.15, 0.2) is 5.17 Å². The number of fused-ring (bicyclic) bond motifs is 3. The molecule has 0 fully saturated rings. The number of thioether (sulfide) groups is 1. The molecule has 120 valence electrons. The van der Waals surface area contributed by atoms with Crippen LogP contribution in [-0.2, 0) is 10.5 Å².